The van der Waals surface area contributed by atoms with Crippen molar-refractivity contribution in [3.63, 3.8) is 0 Å². The van der Waals surface area contributed by atoms with Gasteiger partial charge in [0.25, 0.3) is 0 Å². The van der Waals surface area contributed by atoms with Crippen molar-refractivity contribution in [2.24, 2.45) is 11.3 Å². The molecule has 0 bridgehead atoms. The van der Waals surface area contributed by atoms with Crippen LogP contribution in [0.15, 0.2) is 0 Å². The SMILES string of the molecule is CC(C)[C@H](NC(=O)N1CCC2(CCCC2)CC1)C(=O)O. The monoisotopic (exact) mass is 282 g/mol. The summed E-state index contributed by atoms with van der Waals surface area (Å²) < 4.78 is 0. The van der Waals surface area contributed by atoms with Crippen LogP contribution >= 0.6 is 0 Å². The van der Waals surface area contributed by atoms with Crippen LogP contribution in [0.1, 0.15) is 52.4 Å². The van der Waals surface area contributed by atoms with E-state index in [0.29, 0.717) is 5.41 Å². The summed E-state index contributed by atoms with van der Waals surface area (Å²) in [4.78, 5) is 25.1. The summed E-state index contributed by atoms with van der Waals surface area (Å²) in [6, 6.07) is -1.02. The van der Waals surface area contributed by atoms with Crippen molar-refractivity contribution in [1.82, 2.24) is 10.2 Å². The molecular formula is C15H26N2O3. The minimum Gasteiger partial charge on any atom is -0.480 e. The van der Waals surface area contributed by atoms with Gasteiger partial charge in [0.1, 0.15) is 6.04 Å². The van der Waals surface area contributed by atoms with Gasteiger partial charge in [-0.3, -0.25) is 0 Å². The number of hydrogen-bond donors (Lipinski definition) is 2. The highest BCUT2D eigenvalue weighted by Crippen LogP contribution is 2.46. The molecule has 2 aliphatic rings. The Labute approximate surface area is 120 Å². The van der Waals surface area contributed by atoms with Crippen LogP contribution < -0.4 is 5.32 Å². The predicted octanol–water partition coefficient (Wildman–Crippen LogP) is 2.46. The number of carboxylic acids is 1. The van der Waals surface area contributed by atoms with E-state index in [1.165, 1.54) is 25.7 Å². The van der Waals surface area contributed by atoms with Gasteiger partial charge in [0.2, 0.25) is 0 Å². The predicted molar refractivity (Wildman–Crippen MR) is 76.5 cm³/mol. The number of hydrogen-bond acceptors (Lipinski definition) is 2. The Hall–Kier alpha value is -1.26. The van der Waals surface area contributed by atoms with E-state index in [0.717, 1.165) is 25.9 Å². The summed E-state index contributed by atoms with van der Waals surface area (Å²) in [6.07, 6.45) is 7.37. The lowest BCUT2D eigenvalue weighted by Crippen LogP contribution is -2.52. The molecule has 0 aromatic carbocycles. The number of rotatable bonds is 3. The number of likely N-dealkylation sites (tertiary alicyclic amines) is 1. The Kier molecular flexibility index (Phi) is 4.55. The Bertz CT molecular complexity index is 365. The molecule has 114 valence electrons. The van der Waals surface area contributed by atoms with Gasteiger partial charge in [-0.25, -0.2) is 9.59 Å². The molecule has 0 aromatic heterocycles. The third-order valence-corrected chi connectivity index (χ3v) is 4.99. The number of aliphatic carboxylic acids is 1. The summed E-state index contributed by atoms with van der Waals surface area (Å²) in [6.45, 7) is 5.14. The van der Waals surface area contributed by atoms with E-state index in [2.05, 4.69) is 5.32 Å². The summed E-state index contributed by atoms with van der Waals surface area (Å²) in [5.41, 5.74) is 0.473. The van der Waals surface area contributed by atoms with Gasteiger partial charge < -0.3 is 15.3 Å². The maximum absolute atomic E-state index is 12.2. The fraction of sp³-hybridized carbons (Fsp3) is 0.867. The van der Waals surface area contributed by atoms with Crippen LogP contribution in [0.4, 0.5) is 4.79 Å². The topological polar surface area (TPSA) is 69.6 Å². The van der Waals surface area contributed by atoms with Crippen molar-refractivity contribution in [2.75, 3.05) is 13.1 Å². The number of urea groups is 1. The molecule has 1 saturated carbocycles. The lowest BCUT2D eigenvalue weighted by atomic mass is 9.77. The second-order valence-corrected chi connectivity index (χ2v) is 6.70. The quantitative estimate of drug-likeness (QED) is 0.835. The largest absolute Gasteiger partial charge is 0.480 e. The number of nitrogens with zero attached hydrogens (tertiary/aromatic N) is 1. The number of carboxylic acid groups (broad SMARTS) is 1. The first-order valence-electron chi connectivity index (χ1n) is 7.72. The third kappa shape index (κ3) is 3.25. The van der Waals surface area contributed by atoms with E-state index >= 15 is 0 Å². The molecule has 0 radical (unpaired) electrons. The zero-order valence-corrected chi connectivity index (χ0v) is 12.5. The zero-order chi connectivity index (χ0) is 14.8. The maximum Gasteiger partial charge on any atom is 0.326 e. The average Bonchev–Trinajstić information content (AvgIpc) is 2.84. The first-order chi connectivity index (χ1) is 9.43. The molecular weight excluding hydrogens is 256 g/mol. The van der Waals surface area contributed by atoms with Crippen molar-refractivity contribution in [2.45, 2.75) is 58.4 Å². The molecule has 5 nitrogen and oxygen atoms in total. The van der Waals surface area contributed by atoms with E-state index in [1.54, 1.807) is 4.90 Å². The molecule has 1 heterocycles. The van der Waals surface area contributed by atoms with Crippen molar-refractivity contribution in [3.8, 4) is 0 Å². The second kappa shape index (κ2) is 6.02. The first kappa shape index (κ1) is 15.1. The van der Waals surface area contributed by atoms with Crippen LogP contribution in [0.3, 0.4) is 0 Å². The Balaban J connectivity index is 1.86. The molecule has 1 spiro atoms. The lowest BCUT2D eigenvalue weighted by molar-refractivity contribution is -0.140. The van der Waals surface area contributed by atoms with E-state index in [4.69, 9.17) is 5.11 Å². The van der Waals surface area contributed by atoms with Gasteiger partial charge >= 0.3 is 12.0 Å². The van der Waals surface area contributed by atoms with Crippen molar-refractivity contribution < 1.29 is 14.7 Å². The molecule has 5 heteroatoms. The summed E-state index contributed by atoms with van der Waals surface area (Å²) in [7, 11) is 0. The van der Waals surface area contributed by atoms with Gasteiger partial charge in [-0.15, -0.1) is 0 Å². The van der Waals surface area contributed by atoms with Crippen LogP contribution in [-0.4, -0.2) is 41.1 Å². The molecule has 1 saturated heterocycles. The van der Waals surface area contributed by atoms with E-state index in [1.807, 2.05) is 13.8 Å². The third-order valence-electron chi connectivity index (χ3n) is 4.99. The number of amides is 2. The highest BCUT2D eigenvalue weighted by atomic mass is 16.4. The molecule has 2 rings (SSSR count). The van der Waals surface area contributed by atoms with Crippen LogP contribution in [0.2, 0.25) is 0 Å². The Morgan fingerprint density at radius 3 is 2.10 bits per heavy atom. The highest BCUT2D eigenvalue weighted by Gasteiger charge is 2.38. The molecule has 1 atom stereocenters. The Morgan fingerprint density at radius 1 is 1.10 bits per heavy atom. The van der Waals surface area contributed by atoms with Crippen LogP contribution in [0.5, 0.6) is 0 Å². The number of piperidine rings is 1. The van der Waals surface area contributed by atoms with E-state index in [9.17, 15) is 9.59 Å². The number of nitrogens with one attached hydrogen (secondary N) is 1. The molecule has 20 heavy (non-hydrogen) atoms. The van der Waals surface area contributed by atoms with Crippen molar-refractivity contribution in [1.29, 1.82) is 0 Å². The van der Waals surface area contributed by atoms with Crippen molar-refractivity contribution in [3.05, 3.63) is 0 Å². The molecule has 2 amide bonds. The summed E-state index contributed by atoms with van der Waals surface area (Å²) in [5, 5.41) is 11.8. The number of carbonyl (C=O) groups is 2. The molecule has 1 aliphatic heterocycles. The fourth-order valence-corrected chi connectivity index (χ4v) is 3.55. The molecule has 0 unspecified atom stereocenters. The molecule has 2 N–H and O–H groups in total. The van der Waals surface area contributed by atoms with Crippen molar-refractivity contribution >= 4 is 12.0 Å². The number of carbonyl (C=O) groups excluding carboxylic acids is 1. The van der Waals surface area contributed by atoms with Gasteiger partial charge in [-0.2, -0.15) is 0 Å². The van der Waals surface area contributed by atoms with Gasteiger partial charge in [0.05, 0.1) is 0 Å². The van der Waals surface area contributed by atoms with Crippen LogP contribution in [0.25, 0.3) is 0 Å². The smallest absolute Gasteiger partial charge is 0.326 e. The van der Waals surface area contributed by atoms with E-state index in [-0.39, 0.29) is 11.9 Å². The minimum atomic E-state index is -0.961. The second-order valence-electron chi connectivity index (χ2n) is 6.70. The zero-order valence-electron chi connectivity index (χ0n) is 12.5. The molecule has 1 aliphatic carbocycles. The normalized spacial score (nSPS) is 23.1. The van der Waals surface area contributed by atoms with Gasteiger partial charge in [-0.1, -0.05) is 26.7 Å². The summed E-state index contributed by atoms with van der Waals surface area (Å²) >= 11 is 0. The molecule has 2 fully saturated rings. The van der Waals surface area contributed by atoms with Gasteiger partial charge in [0.15, 0.2) is 0 Å². The minimum absolute atomic E-state index is 0.109. The van der Waals surface area contributed by atoms with Crippen LogP contribution in [0, 0.1) is 11.3 Å². The first-order valence-corrected chi connectivity index (χ1v) is 7.72. The maximum atomic E-state index is 12.2. The fourth-order valence-electron chi connectivity index (χ4n) is 3.55. The standard InChI is InChI=1S/C15H26N2O3/c1-11(2)12(13(18)19)16-14(20)17-9-7-15(8-10-17)5-3-4-6-15/h11-12H,3-10H2,1-2H3,(H,16,20)(H,18,19)/t12-/m0/s1. The van der Waals surface area contributed by atoms with Gasteiger partial charge in [0, 0.05) is 13.1 Å². The average molecular weight is 282 g/mol. The van der Waals surface area contributed by atoms with E-state index < -0.39 is 12.0 Å². The van der Waals surface area contributed by atoms with Crippen LogP contribution in [-0.2, 0) is 4.79 Å². The molecule has 0 aromatic rings. The lowest BCUT2D eigenvalue weighted by Gasteiger charge is -2.39. The summed E-state index contributed by atoms with van der Waals surface area (Å²) in [5.74, 6) is -1.07. The Morgan fingerprint density at radius 2 is 1.65 bits per heavy atom. The highest BCUT2D eigenvalue weighted by molar-refractivity contribution is 5.82. The van der Waals surface area contributed by atoms with Gasteiger partial charge in [-0.05, 0) is 37.0 Å².